The van der Waals surface area contributed by atoms with Crippen LogP contribution < -0.4 is 16.6 Å². The number of hydrogen-bond donors (Lipinski definition) is 2. The van der Waals surface area contributed by atoms with Gasteiger partial charge in [-0.1, -0.05) is 30.3 Å². The number of amides is 1. The molecule has 1 amide bonds. The van der Waals surface area contributed by atoms with Gasteiger partial charge in [-0.3, -0.25) is 19.1 Å². The van der Waals surface area contributed by atoms with Crippen LogP contribution >= 0.6 is 0 Å². The zero-order valence-corrected chi connectivity index (χ0v) is 12.6. The average molecular weight is 312 g/mol. The Morgan fingerprint density at radius 3 is 2.70 bits per heavy atom. The van der Waals surface area contributed by atoms with Crippen LogP contribution in [0.15, 0.2) is 46.1 Å². The van der Waals surface area contributed by atoms with E-state index in [1.54, 1.807) is 13.0 Å². The van der Waals surface area contributed by atoms with Crippen molar-refractivity contribution in [2.24, 2.45) is 0 Å². The van der Waals surface area contributed by atoms with E-state index in [2.05, 4.69) is 10.3 Å². The van der Waals surface area contributed by atoms with Gasteiger partial charge in [0.05, 0.1) is 5.92 Å². The van der Waals surface area contributed by atoms with Gasteiger partial charge in [0.1, 0.15) is 11.6 Å². The molecule has 0 fully saturated rings. The van der Waals surface area contributed by atoms with Gasteiger partial charge in [-0.2, -0.15) is 5.26 Å². The van der Waals surface area contributed by atoms with Gasteiger partial charge in [0, 0.05) is 19.3 Å². The molecular weight excluding hydrogens is 296 g/mol. The van der Waals surface area contributed by atoms with Crippen molar-refractivity contribution in [3.8, 4) is 6.07 Å². The first kappa shape index (κ1) is 16.2. The summed E-state index contributed by atoms with van der Waals surface area (Å²) < 4.78 is 1.19. The van der Waals surface area contributed by atoms with E-state index in [4.69, 9.17) is 5.26 Å². The van der Waals surface area contributed by atoms with Crippen molar-refractivity contribution in [2.45, 2.75) is 19.4 Å². The molecule has 0 unspecified atom stereocenters. The standard InChI is InChI=1S/C16H16N4O3/c1-11(12-5-3-2-4-6-12)14(21)18-7-8-20-10-13(9-17)15(22)19-16(20)23/h2-6,10-11H,7-8H2,1H3,(H,18,21)(H,19,22,23)/t11-/m1/s1. The number of benzene rings is 1. The third kappa shape index (κ3) is 3.95. The first-order valence-electron chi connectivity index (χ1n) is 7.09. The van der Waals surface area contributed by atoms with Crippen molar-refractivity contribution in [2.75, 3.05) is 6.54 Å². The number of nitrogens with one attached hydrogen (secondary N) is 2. The van der Waals surface area contributed by atoms with Crippen LogP contribution in [0.2, 0.25) is 0 Å². The molecular formula is C16H16N4O3. The van der Waals surface area contributed by atoms with Crippen molar-refractivity contribution in [3.05, 3.63) is 68.5 Å². The number of aromatic nitrogens is 2. The molecule has 0 saturated carbocycles. The minimum Gasteiger partial charge on any atom is -0.354 e. The number of hydrogen-bond acceptors (Lipinski definition) is 4. The molecule has 1 atom stereocenters. The molecule has 2 N–H and O–H groups in total. The lowest BCUT2D eigenvalue weighted by Crippen LogP contribution is -2.36. The summed E-state index contributed by atoms with van der Waals surface area (Å²) in [6.07, 6.45) is 1.19. The minimum atomic E-state index is -0.713. The highest BCUT2D eigenvalue weighted by Gasteiger charge is 2.14. The predicted molar refractivity (Wildman–Crippen MR) is 83.9 cm³/mol. The van der Waals surface area contributed by atoms with Crippen LogP contribution in [-0.4, -0.2) is 22.0 Å². The molecule has 118 valence electrons. The average Bonchev–Trinajstić information content (AvgIpc) is 2.56. The molecule has 7 heteroatoms. The van der Waals surface area contributed by atoms with Gasteiger partial charge in [-0.25, -0.2) is 4.79 Å². The predicted octanol–water partition coefficient (Wildman–Crippen LogP) is 0.328. The molecule has 1 aromatic carbocycles. The van der Waals surface area contributed by atoms with Crippen molar-refractivity contribution in [1.82, 2.24) is 14.9 Å². The van der Waals surface area contributed by atoms with Crippen LogP contribution in [0.1, 0.15) is 24.0 Å². The van der Waals surface area contributed by atoms with Gasteiger partial charge in [-0.15, -0.1) is 0 Å². The van der Waals surface area contributed by atoms with Gasteiger partial charge >= 0.3 is 5.69 Å². The second-order valence-corrected chi connectivity index (χ2v) is 5.03. The van der Waals surface area contributed by atoms with Crippen LogP contribution in [-0.2, 0) is 11.3 Å². The van der Waals surface area contributed by atoms with E-state index >= 15 is 0 Å². The Bertz CT molecular complexity index is 846. The highest BCUT2D eigenvalue weighted by atomic mass is 16.2. The van der Waals surface area contributed by atoms with E-state index in [9.17, 15) is 14.4 Å². The Balaban J connectivity index is 1.98. The smallest absolute Gasteiger partial charge is 0.328 e. The minimum absolute atomic E-state index is 0.145. The van der Waals surface area contributed by atoms with Crippen LogP contribution in [0.4, 0.5) is 0 Å². The van der Waals surface area contributed by atoms with Crippen molar-refractivity contribution < 1.29 is 4.79 Å². The maximum absolute atomic E-state index is 12.1. The first-order valence-corrected chi connectivity index (χ1v) is 7.09. The number of nitrogens with zero attached hydrogens (tertiary/aromatic N) is 2. The Hall–Kier alpha value is -3.14. The normalized spacial score (nSPS) is 11.5. The van der Waals surface area contributed by atoms with Crippen LogP contribution in [0.3, 0.4) is 0 Å². The number of carbonyl (C=O) groups excluding carboxylic acids is 1. The second-order valence-electron chi connectivity index (χ2n) is 5.03. The number of H-pyrrole nitrogens is 1. The number of aromatic amines is 1. The first-order chi connectivity index (χ1) is 11.0. The van der Waals surface area contributed by atoms with Crippen molar-refractivity contribution in [3.63, 3.8) is 0 Å². The lowest BCUT2D eigenvalue weighted by Gasteiger charge is -2.13. The van der Waals surface area contributed by atoms with Gasteiger partial charge in [0.2, 0.25) is 5.91 Å². The third-order valence-electron chi connectivity index (χ3n) is 3.48. The molecule has 2 rings (SSSR count). The Kier molecular flexibility index (Phi) is 5.10. The highest BCUT2D eigenvalue weighted by molar-refractivity contribution is 5.83. The van der Waals surface area contributed by atoms with E-state index in [1.807, 2.05) is 30.3 Å². The molecule has 1 heterocycles. The molecule has 0 saturated heterocycles. The second kappa shape index (κ2) is 7.22. The lowest BCUT2D eigenvalue weighted by molar-refractivity contribution is -0.122. The molecule has 0 aliphatic rings. The van der Waals surface area contributed by atoms with Gasteiger partial charge in [0.15, 0.2) is 0 Å². The molecule has 2 aromatic rings. The Morgan fingerprint density at radius 1 is 1.35 bits per heavy atom. The lowest BCUT2D eigenvalue weighted by atomic mass is 10.0. The molecule has 1 aromatic heterocycles. The van der Waals surface area contributed by atoms with Crippen LogP contribution in [0.5, 0.6) is 0 Å². The van der Waals surface area contributed by atoms with E-state index in [-0.39, 0.29) is 30.5 Å². The van der Waals surface area contributed by atoms with Gasteiger partial charge in [-0.05, 0) is 12.5 Å². The Labute approximate surface area is 132 Å². The molecule has 0 aliphatic heterocycles. The van der Waals surface area contributed by atoms with E-state index in [0.717, 1.165) is 5.56 Å². The summed E-state index contributed by atoms with van der Waals surface area (Å²) in [4.78, 5) is 37.1. The summed E-state index contributed by atoms with van der Waals surface area (Å²) in [5.41, 5.74) is -0.568. The fourth-order valence-corrected chi connectivity index (χ4v) is 2.10. The molecule has 23 heavy (non-hydrogen) atoms. The van der Waals surface area contributed by atoms with Crippen molar-refractivity contribution in [1.29, 1.82) is 5.26 Å². The summed E-state index contributed by atoms with van der Waals surface area (Å²) in [5.74, 6) is -0.465. The fraction of sp³-hybridized carbons (Fsp3) is 0.250. The third-order valence-corrected chi connectivity index (χ3v) is 3.48. The summed E-state index contributed by atoms with van der Waals surface area (Å²) >= 11 is 0. The molecule has 0 spiro atoms. The number of carbonyl (C=O) groups is 1. The molecule has 0 radical (unpaired) electrons. The van der Waals surface area contributed by atoms with Gasteiger partial charge in [0.25, 0.3) is 5.56 Å². The SMILES string of the molecule is C[C@@H](C(=O)NCCn1cc(C#N)c(=O)[nH]c1=O)c1ccccc1. The van der Waals surface area contributed by atoms with Crippen LogP contribution in [0, 0.1) is 11.3 Å². The van der Waals surface area contributed by atoms with E-state index in [0.29, 0.717) is 0 Å². The monoisotopic (exact) mass is 312 g/mol. The Morgan fingerprint density at radius 2 is 2.04 bits per heavy atom. The topological polar surface area (TPSA) is 108 Å². The van der Waals surface area contributed by atoms with Crippen LogP contribution in [0.25, 0.3) is 0 Å². The summed E-state index contributed by atoms with van der Waals surface area (Å²) in [5, 5.41) is 11.5. The quantitative estimate of drug-likeness (QED) is 0.829. The molecule has 7 nitrogen and oxygen atoms in total. The maximum atomic E-state index is 12.1. The van der Waals surface area contributed by atoms with E-state index in [1.165, 1.54) is 10.8 Å². The maximum Gasteiger partial charge on any atom is 0.328 e. The highest BCUT2D eigenvalue weighted by Crippen LogP contribution is 2.13. The fourth-order valence-electron chi connectivity index (χ4n) is 2.10. The molecule has 0 aliphatic carbocycles. The number of nitriles is 1. The summed E-state index contributed by atoms with van der Waals surface area (Å²) in [6, 6.07) is 11.1. The van der Waals surface area contributed by atoms with Gasteiger partial charge < -0.3 is 5.32 Å². The van der Waals surface area contributed by atoms with Crippen molar-refractivity contribution >= 4 is 5.91 Å². The summed E-state index contributed by atoms with van der Waals surface area (Å²) in [7, 11) is 0. The largest absolute Gasteiger partial charge is 0.354 e. The zero-order chi connectivity index (χ0) is 16.8. The molecule has 0 bridgehead atoms. The zero-order valence-electron chi connectivity index (χ0n) is 12.6. The van der Waals surface area contributed by atoms with E-state index < -0.39 is 11.2 Å². The summed E-state index contributed by atoms with van der Waals surface area (Å²) in [6.45, 7) is 2.18. The number of rotatable bonds is 5.